The molecule has 0 aliphatic carbocycles. The number of carbonyl (C=O) groups is 1. The van der Waals surface area contributed by atoms with Gasteiger partial charge in [0.2, 0.25) is 5.91 Å². The van der Waals surface area contributed by atoms with Gasteiger partial charge in [0.15, 0.2) is 5.82 Å². The van der Waals surface area contributed by atoms with E-state index in [0.717, 1.165) is 0 Å². The molecule has 1 aromatic rings. The Morgan fingerprint density at radius 1 is 1.54 bits per heavy atom. The summed E-state index contributed by atoms with van der Waals surface area (Å²) in [4.78, 5) is 19.1. The first kappa shape index (κ1) is 8.16. The van der Waals surface area contributed by atoms with Crippen LogP contribution in [0.2, 0.25) is 0 Å². The van der Waals surface area contributed by atoms with E-state index in [-0.39, 0.29) is 17.9 Å². The fourth-order valence-electron chi connectivity index (χ4n) is 0.624. The molecule has 0 saturated heterocycles. The van der Waals surface area contributed by atoms with Crippen molar-refractivity contribution < 1.29 is 6.17 Å². The van der Waals surface area contributed by atoms with E-state index in [1.165, 1.54) is 12.4 Å². The zero-order chi connectivity index (χ0) is 10.8. The van der Waals surface area contributed by atoms with E-state index in [4.69, 9.17) is 1.37 Å². The summed E-state index contributed by atoms with van der Waals surface area (Å²) in [5, 5.41) is 2.55. The SMILES string of the molecule is [2H]c1nccnc1NC(=O)C(C)(C)C. The van der Waals surface area contributed by atoms with Gasteiger partial charge in [-0.25, -0.2) is 4.98 Å². The molecule has 0 atom stereocenters. The van der Waals surface area contributed by atoms with Crippen LogP contribution >= 0.6 is 0 Å². The average Bonchev–Trinajstić information content (AvgIpc) is 2.07. The van der Waals surface area contributed by atoms with Crippen molar-refractivity contribution >= 4 is 11.7 Å². The summed E-state index contributed by atoms with van der Waals surface area (Å²) < 4.78 is 7.38. The number of rotatable bonds is 1. The Kier molecular flexibility index (Phi) is 2.21. The third kappa shape index (κ3) is 2.82. The Balaban J connectivity index is 2.80. The summed E-state index contributed by atoms with van der Waals surface area (Å²) in [6.45, 7) is 5.38. The van der Waals surface area contributed by atoms with E-state index in [1.54, 1.807) is 20.8 Å². The fourth-order valence-corrected chi connectivity index (χ4v) is 0.624. The third-order valence-electron chi connectivity index (χ3n) is 1.43. The molecule has 13 heavy (non-hydrogen) atoms. The molecule has 0 aromatic carbocycles. The number of amides is 1. The Hall–Kier alpha value is -1.45. The molecule has 1 aromatic heterocycles. The molecule has 1 heterocycles. The van der Waals surface area contributed by atoms with Crippen LogP contribution in [0.1, 0.15) is 22.1 Å². The number of hydrogen-bond acceptors (Lipinski definition) is 3. The molecule has 1 rings (SSSR count). The van der Waals surface area contributed by atoms with Gasteiger partial charge in [-0.2, -0.15) is 0 Å². The van der Waals surface area contributed by atoms with Crippen LogP contribution in [-0.4, -0.2) is 15.9 Å². The van der Waals surface area contributed by atoms with E-state index in [0.29, 0.717) is 0 Å². The Labute approximate surface area is 78.8 Å². The number of hydrogen-bond donors (Lipinski definition) is 1. The molecule has 70 valence electrons. The molecule has 0 fully saturated rings. The Bertz CT molecular complexity index is 346. The van der Waals surface area contributed by atoms with Crippen LogP contribution in [0.15, 0.2) is 18.6 Å². The fraction of sp³-hybridized carbons (Fsp3) is 0.444. The minimum Gasteiger partial charge on any atom is -0.309 e. The van der Waals surface area contributed by atoms with E-state index in [2.05, 4.69) is 15.3 Å². The van der Waals surface area contributed by atoms with E-state index >= 15 is 0 Å². The van der Waals surface area contributed by atoms with Gasteiger partial charge in [-0.05, 0) is 0 Å². The molecule has 4 nitrogen and oxygen atoms in total. The number of anilines is 1. The van der Waals surface area contributed by atoms with Crippen molar-refractivity contribution in [2.45, 2.75) is 20.8 Å². The van der Waals surface area contributed by atoms with Crippen LogP contribution < -0.4 is 5.32 Å². The summed E-state index contributed by atoms with van der Waals surface area (Å²) in [6, 6.07) is 0. The van der Waals surface area contributed by atoms with Crippen LogP contribution in [0.25, 0.3) is 0 Å². The van der Waals surface area contributed by atoms with Crippen LogP contribution in [0.4, 0.5) is 5.82 Å². The summed E-state index contributed by atoms with van der Waals surface area (Å²) in [6.07, 6.45) is 2.83. The molecule has 1 N–H and O–H groups in total. The topological polar surface area (TPSA) is 54.9 Å². The first-order chi connectivity index (χ1) is 6.41. The maximum Gasteiger partial charge on any atom is 0.230 e. The van der Waals surface area contributed by atoms with Crippen LogP contribution in [0.5, 0.6) is 0 Å². The second-order valence-corrected chi connectivity index (χ2v) is 3.72. The highest BCUT2D eigenvalue weighted by Crippen LogP contribution is 2.15. The zero-order valence-electron chi connectivity index (χ0n) is 8.96. The standard InChI is InChI=1S/C9H13N3O/c1-9(2,3)8(13)12-7-6-10-4-5-11-7/h4-6H,1-3H3,(H,11,12,13)/i6D. The largest absolute Gasteiger partial charge is 0.309 e. The second-order valence-electron chi connectivity index (χ2n) is 3.72. The normalized spacial score (nSPS) is 12.1. The van der Waals surface area contributed by atoms with Gasteiger partial charge < -0.3 is 5.32 Å². The zero-order valence-corrected chi connectivity index (χ0v) is 7.96. The van der Waals surface area contributed by atoms with Gasteiger partial charge >= 0.3 is 0 Å². The van der Waals surface area contributed by atoms with Crippen molar-refractivity contribution in [1.29, 1.82) is 0 Å². The molecule has 0 spiro atoms. The molecule has 1 amide bonds. The second kappa shape index (κ2) is 3.51. The monoisotopic (exact) mass is 180 g/mol. The van der Waals surface area contributed by atoms with E-state index < -0.39 is 5.41 Å². The summed E-state index contributed by atoms with van der Waals surface area (Å²) in [5.41, 5.74) is -0.496. The van der Waals surface area contributed by atoms with Gasteiger partial charge in [0.25, 0.3) is 0 Å². The highest BCUT2D eigenvalue weighted by atomic mass is 16.2. The first-order valence-electron chi connectivity index (χ1n) is 4.50. The van der Waals surface area contributed by atoms with Gasteiger partial charge in [0.1, 0.15) is 0 Å². The quantitative estimate of drug-likeness (QED) is 0.711. The van der Waals surface area contributed by atoms with E-state index in [9.17, 15) is 4.79 Å². The minimum absolute atomic E-state index is 0.0231. The predicted octanol–water partition coefficient (Wildman–Crippen LogP) is 1.46. The number of nitrogens with zero attached hydrogens (tertiary/aromatic N) is 2. The smallest absolute Gasteiger partial charge is 0.230 e. The van der Waals surface area contributed by atoms with Crippen LogP contribution in [0, 0.1) is 5.41 Å². The van der Waals surface area contributed by atoms with Gasteiger partial charge in [-0.3, -0.25) is 9.78 Å². The molecule has 0 radical (unpaired) electrons. The van der Waals surface area contributed by atoms with Crippen LogP contribution in [0.3, 0.4) is 0 Å². The molecular weight excluding hydrogens is 166 g/mol. The van der Waals surface area contributed by atoms with Gasteiger partial charge in [0, 0.05) is 17.8 Å². The van der Waals surface area contributed by atoms with Crippen molar-refractivity contribution in [3.05, 3.63) is 18.6 Å². The summed E-state index contributed by atoms with van der Waals surface area (Å²) in [5.74, 6) is 0.0268. The highest BCUT2D eigenvalue weighted by molar-refractivity contribution is 5.93. The van der Waals surface area contributed by atoms with Crippen molar-refractivity contribution in [2.75, 3.05) is 5.32 Å². The first-order valence-corrected chi connectivity index (χ1v) is 4.00. The number of carbonyl (C=O) groups excluding carboxylic acids is 1. The molecule has 4 heteroatoms. The molecule has 0 bridgehead atoms. The lowest BCUT2D eigenvalue weighted by molar-refractivity contribution is -0.123. The summed E-state index contributed by atoms with van der Waals surface area (Å²) >= 11 is 0. The highest BCUT2D eigenvalue weighted by Gasteiger charge is 2.21. The van der Waals surface area contributed by atoms with Gasteiger partial charge in [-0.1, -0.05) is 20.8 Å². The number of nitrogens with one attached hydrogen (secondary N) is 1. The van der Waals surface area contributed by atoms with Gasteiger partial charge in [0.05, 0.1) is 7.54 Å². The minimum atomic E-state index is -0.496. The molecule has 0 aliphatic rings. The predicted molar refractivity (Wildman–Crippen MR) is 50.1 cm³/mol. The molecule has 0 saturated carbocycles. The van der Waals surface area contributed by atoms with Crippen molar-refractivity contribution in [2.24, 2.45) is 5.41 Å². The van der Waals surface area contributed by atoms with Crippen LogP contribution in [-0.2, 0) is 4.79 Å². The van der Waals surface area contributed by atoms with E-state index in [1.807, 2.05) is 0 Å². The lowest BCUT2D eigenvalue weighted by Gasteiger charge is -2.16. The maximum absolute atomic E-state index is 11.5. The average molecular weight is 180 g/mol. The summed E-state index contributed by atoms with van der Waals surface area (Å²) in [7, 11) is 0. The third-order valence-corrected chi connectivity index (χ3v) is 1.43. The maximum atomic E-state index is 11.5. The lowest BCUT2D eigenvalue weighted by Crippen LogP contribution is -2.28. The van der Waals surface area contributed by atoms with Crippen molar-refractivity contribution in [3.8, 4) is 0 Å². The molecule has 0 unspecified atom stereocenters. The Morgan fingerprint density at radius 3 is 2.77 bits per heavy atom. The Morgan fingerprint density at radius 2 is 2.23 bits per heavy atom. The number of aromatic nitrogens is 2. The lowest BCUT2D eigenvalue weighted by atomic mass is 9.96. The van der Waals surface area contributed by atoms with Crippen molar-refractivity contribution in [3.63, 3.8) is 0 Å². The molecule has 0 aliphatic heterocycles. The molecular formula is C9H13N3O. The van der Waals surface area contributed by atoms with Crippen molar-refractivity contribution in [1.82, 2.24) is 9.97 Å². The van der Waals surface area contributed by atoms with Gasteiger partial charge in [-0.15, -0.1) is 0 Å².